The van der Waals surface area contributed by atoms with Crippen molar-refractivity contribution >= 4 is 40.4 Å². The summed E-state index contributed by atoms with van der Waals surface area (Å²) in [5, 5.41) is 10.6. The molecule has 1 fully saturated rings. The number of amides is 2. The van der Waals surface area contributed by atoms with Crippen molar-refractivity contribution in [1.82, 2.24) is 4.90 Å². The fourth-order valence-electron chi connectivity index (χ4n) is 3.33. The monoisotopic (exact) mass is 441 g/mol. The summed E-state index contributed by atoms with van der Waals surface area (Å²) in [7, 11) is 1.56. The average molecular weight is 442 g/mol. The van der Waals surface area contributed by atoms with Crippen LogP contribution in [-0.2, 0) is 11.3 Å². The maximum absolute atomic E-state index is 12.8. The normalized spacial score (nSPS) is 14.9. The third kappa shape index (κ3) is 4.88. The van der Waals surface area contributed by atoms with E-state index in [0.717, 1.165) is 35.4 Å². The number of rotatable bonds is 8. The lowest BCUT2D eigenvalue weighted by atomic mass is 10.1. The summed E-state index contributed by atoms with van der Waals surface area (Å²) in [5.74, 6) is 0.172. The zero-order valence-electron chi connectivity index (χ0n) is 17.5. The second kappa shape index (κ2) is 9.65. The number of nitro groups is 1. The zero-order chi connectivity index (χ0) is 22.5. The molecule has 1 aliphatic rings. The number of nitrogens with zero attached hydrogens (tertiary/aromatic N) is 3. The van der Waals surface area contributed by atoms with E-state index in [2.05, 4.69) is 18.7 Å². The number of hydrogen-bond donors (Lipinski definition) is 0. The lowest BCUT2D eigenvalue weighted by Crippen LogP contribution is -2.27. The Morgan fingerprint density at radius 2 is 1.90 bits per heavy atom. The number of benzene rings is 2. The van der Waals surface area contributed by atoms with Crippen molar-refractivity contribution in [3.05, 3.63) is 68.6 Å². The lowest BCUT2D eigenvalue weighted by molar-refractivity contribution is -0.384. The fourth-order valence-corrected chi connectivity index (χ4v) is 4.16. The molecule has 0 spiro atoms. The summed E-state index contributed by atoms with van der Waals surface area (Å²) in [6, 6.07) is 11.6. The Morgan fingerprint density at radius 3 is 2.55 bits per heavy atom. The molecule has 0 N–H and O–H groups in total. The molecule has 9 heteroatoms. The van der Waals surface area contributed by atoms with Crippen molar-refractivity contribution in [2.45, 2.75) is 20.4 Å². The zero-order valence-corrected chi connectivity index (χ0v) is 18.3. The third-order valence-electron chi connectivity index (χ3n) is 4.97. The first kappa shape index (κ1) is 22.4. The SMILES string of the molecule is CCN(CC)c1ccc(/C=C2/SC(=O)N(Cc3cccc([N+](=O)[O-])c3)C2=O)c(OC)c1. The Hall–Kier alpha value is -3.33. The first-order chi connectivity index (χ1) is 14.9. The number of imide groups is 1. The smallest absolute Gasteiger partial charge is 0.293 e. The van der Waals surface area contributed by atoms with Gasteiger partial charge in [-0.1, -0.05) is 12.1 Å². The van der Waals surface area contributed by atoms with Gasteiger partial charge in [0, 0.05) is 42.5 Å². The Bertz CT molecular complexity index is 1050. The third-order valence-corrected chi connectivity index (χ3v) is 5.88. The second-order valence-corrected chi connectivity index (χ2v) is 7.79. The molecule has 1 saturated heterocycles. The Labute approximate surface area is 184 Å². The van der Waals surface area contributed by atoms with Gasteiger partial charge in [-0.25, -0.2) is 0 Å². The highest BCUT2D eigenvalue weighted by Crippen LogP contribution is 2.36. The topological polar surface area (TPSA) is 93.0 Å². The Balaban J connectivity index is 1.85. The van der Waals surface area contributed by atoms with Crippen molar-refractivity contribution < 1.29 is 19.2 Å². The Morgan fingerprint density at radius 1 is 1.16 bits per heavy atom. The highest BCUT2D eigenvalue weighted by Gasteiger charge is 2.35. The van der Waals surface area contributed by atoms with Crippen LogP contribution in [0.25, 0.3) is 6.08 Å². The molecule has 3 rings (SSSR count). The van der Waals surface area contributed by atoms with Gasteiger partial charge < -0.3 is 9.64 Å². The van der Waals surface area contributed by atoms with Gasteiger partial charge in [-0.05, 0) is 49.4 Å². The maximum Gasteiger partial charge on any atom is 0.293 e. The molecule has 2 amide bonds. The van der Waals surface area contributed by atoms with Gasteiger partial charge >= 0.3 is 0 Å². The van der Waals surface area contributed by atoms with Gasteiger partial charge in [-0.3, -0.25) is 24.6 Å². The minimum atomic E-state index is -0.509. The van der Waals surface area contributed by atoms with Crippen LogP contribution >= 0.6 is 11.8 Å². The number of non-ortho nitro benzene ring substituents is 1. The summed E-state index contributed by atoms with van der Waals surface area (Å²) in [6.07, 6.45) is 1.64. The van der Waals surface area contributed by atoms with E-state index >= 15 is 0 Å². The number of methoxy groups -OCH3 is 1. The van der Waals surface area contributed by atoms with E-state index in [1.165, 1.54) is 18.2 Å². The largest absolute Gasteiger partial charge is 0.496 e. The van der Waals surface area contributed by atoms with E-state index in [1.54, 1.807) is 19.3 Å². The van der Waals surface area contributed by atoms with Crippen molar-refractivity contribution in [3.8, 4) is 5.75 Å². The summed E-state index contributed by atoms with van der Waals surface area (Å²) >= 11 is 0.844. The number of ether oxygens (including phenoxy) is 1. The van der Waals surface area contributed by atoms with E-state index in [4.69, 9.17) is 4.74 Å². The summed E-state index contributed by atoms with van der Waals surface area (Å²) in [5.41, 5.74) is 2.13. The first-order valence-corrected chi connectivity index (χ1v) is 10.6. The molecule has 0 aromatic heterocycles. The molecule has 0 atom stereocenters. The van der Waals surface area contributed by atoms with Crippen molar-refractivity contribution in [2.75, 3.05) is 25.1 Å². The molecule has 162 valence electrons. The van der Waals surface area contributed by atoms with E-state index in [0.29, 0.717) is 16.9 Å². The average Bonchev–Trinajstić information content (AvgIpc) is 3.03. The highest BCUT2D eigenvalue weighted by atomic mass is 32.2. The van der Waals surface area contributed by atoms with E-state index in [9.17, 15) is 19.7 Å². The van der Waals surface area contributed by atoms with Crippen LogP contribution in [0.1, 0.15) is 25.0 Å². The van der Waals surface area contributed by atoms with Crippen LogP contribution in [0.5, 0.6) is 5.75 Å². The highest BCUT2D eigenvalue weighted by molar-refractivity contribution is 8.18. The van der Waals surface area contributed by atoms with Gasteiger partial charge in [-0.15, -0.1) is 0 Å². The van der Waals surface area contributed by atoms with Crippen LogP contribution in [0, 0.1) is 10.1 Å². The quantitative estimate of drug-likeness (QED) is 0.333. The van der Waals surface area contributed by atoms with Gasteiger partial charge in [0.25, 0.3) is 16.8 Å². The van der Waals surface area contributed by atoms with Crippen LogP contribution < -0.4 is 9.64 Å². The number of carbonyl (C=O) groups excluding carboxylic acids is 2. The molecule has 0 bridgehead atoms. The number of carbonyl (C=O) groups is 2. The Kier molecular flexibility index (Phi) is 6.96. The predicted molar refractivity (Wildman–Crippen MR) is 121 cm³/mol. The second-order valence-electron chi connectivity index (χ2n) is 6.79. The fraction of sp³-hybridized carbons (Fsp3) is 0.273. The molecule has 8 nitrogen and oxygen atoms in total. The van der Waals surface area contributed by atoms with Gasteiger partial charge in [-0.2, -0.15) is 0 Å². The van der Waals surface area contributed by atoms with Gasteiger partial charge in [0.2, 0.25) is 0 Å². The molecule has 2 aromatic carbocycles. The van der Waals surface area contributed by atoms with Crippen LogP contribution in [0.2, 0.25) is 0 Å². The summed E-state index contributed by atoms with van der Waals surface area (Å²) in [6.45, 7) is 5.83. The molecule has 31 heavy (non-hydrogen) atoms. The lowest BCUT2D eigenvalue weighted by Gasteiger charge is -2.22. The minimum absolute atomic E-state index is 0.0261. The minimum Gasteiger partial charge on any atom is -0.496 e. The summed E-state index contributed by atoms with van der Waals surface area (Å²) in [4.78, 5) is 39.3. The molecule has 0 aliphatic carbocycles. The molecule has 1 heterocycles. The van der Waals surface area contributed by atoms with Crippen LogP contribution in [-0.4, -0.2) is 41.2 Å². The molecular formula is C22H23N3O5S. The molecular weight excluding hydrogens is 418 g/mol. The number of hydrogen-bond acceptors (Lipinski definition) is 7. The van der Waals surface area contributed by atoms with E-state index in [1.807, 2.05) is 18.2 Å². The van der Waals surface area contributed by atoms with Crippen molar-refractivity contribution in [3.63, 3.8) is 0 Å². The van der Waals surface area contributed by atoms with Crippen molar-refractivity contribution in [2.24, 2.45) is 0 Å². The molecule has 0 unspecified atom stereocenters. The van der Waals surface area contributed by atoms with Crippen LogP contribution in [0.4, 0.5) is 16.2 Å². The molecule has 0 radical (unpaired) electrons. The molecule has 0 saturated carbocycles. The number of thioether (sulfide) groups is 1. The molecule has 2 aromatic rings. The first-order valence-electron chi connectivity index (χ1n) is 9.79. The predicted octanol–water partition coefficient (Wildman–Crippen LogP) is 4.69. The van der Waals surface area contributed by atoms with E-state index < -0.39 is 16.1 Å². The van der Waals surface area contributed by atoms with Gasteiger partial charge in [0.15, 0.2) is 0 Å². The van der Waals surface area contributed by atoms with Crippen LogP contribution in [0.15, 0.2) is 47.4 Å². The summed E-state index contributed by atoms with van der Waals surface area (Å²) < 4.78 is 5.50. The van der Waals surface area contributed by atoms with Crippen LogP contribution in [0.3, 0.4) is 0 Å². The molecule has 1 aliphatic heterocycles. The van der Waals surface area contributed by atoms with Gasteiger partial charge in [0.1, 0.15) is 5.75 Å². The maximum atomic E-state index is 12.8. The number of nitro benzene ring substituents is 1. The number of anilines is 1. The van der Waals surface area contributed by atoms with E-state index in [-0.39, 0.29) is 17.1 Å². The van der Waals surface area contributed by atoms with Crippen molar-refractivity contribution in [1.29, 1.82) is 0 Å². The van der Waals surface area contributed by atoms with Gasteiger partial charge in [0.05, 0.1) is 23.5 Å². The standard InChI is InChI=1S/C22H23N3O5S/c1-4-23(5-2)17-10-9-16(19(13-17)30-3)12-20-21(26)24(22(27)31-20)14-15-7-6-8-18(11-15)25(28)29/h6-13H,4-5,14H2,1-3H3/b20-12+.